The van der Waals surface area contributed by atoms with E-state index in [-0.39, 0.29) is 25.9 Å². The Labute approximate surface area is 177 Å². The molecule has 0 aromatic carbocycles. The molecule has 2 atom stereocenters. The van der Waals surface area contributed by atoms with Crippen molar-refractivity contribution >= 4 is 7.82 Å². The van der Waals surface area contributed by atoms with Gasteiger partial charge in [0.2, 0.25) is 0 Å². The SMILES string of the molecule is NCCOP(=O)(O)OCC1COCCCCCCCCCCCCCCCCO1. The third kappa shape index (κ3) is 17.4. The Bertz CT molecular complexity index is 393. The quantitative estimate of drug-likeness (QED) is 0.567. The molecule has 0 radical (unpaired) electrons. The molecule has 3 N–H and O–H groups in total. The molecule has 174 valence electrons. The number of hydrogen-bond donors (Lipinski definition) is 2. The van der Waals surface area contributed by atoms with E-state index >= 15 is 0 Å². The molecule has 8 heteroatoms. The maximum atomic E-state index is 11.8. The first-order valence-electron chi connectivity index (χ1n) is 11.7. The van der Waals surface area contributed by atoms with Gasteiger partial charge in [0.15, 0.2) is 0 Å². The molecule has 7 nitrogen and oxygen atoms in total. The van der Waals surface area contributed by atoms with Gasteiger partial charge < -0.3 is 20.1 Å². The molecule has 0 aromatic rings. The zero-order valence-electron chi connectivity index (χ0n) is 18.2. The van der Waals surface area contributed by atoms with Crippen LogP contribution in [0.2, 0.25) is 0 Å². The number of ether oxygens (including phenoxy) is 2. The second-order valence-electron chi connectivity index (χ2n) is 7.90. The Balaban J connectivity index is 2.35. The number of phosphoric ester groups is 1. The van der Waals surface area contributed by atoms with E-state index in [2.05, 4.69) is 0 Å². The smallest absolute Gasteiger partial charge is 0.379 e. The third-order valence-corrected chi connectivity index (χ3v) is 6.12. The first-order valence-corrected chi connectivity index (χ1v) is 13.1. The molecule has 1 aliphatic heterocycles. The van der Waals surface area contributed by atoms with Crippen LogP contribution in [0.15, 0.2) is 0 Å². The zero-order valence-corrected chi connectivity index (χ0v) is 19.1. The lowest BCUT2D eigenvalue weighted by atomic mass is 10.0. The van der Waals surface area contributed by atoms with Crippen molar-refractivity contribution in [3.63, 3.8) is 0 Å². The van der Waals surface area contributed by atoms with Crippen molar-refractivity contribution < 1.29 is 28.0 Å². The van der Waals surface area contributed by atoms with Crippen molar-refractivity contribution in [3.8, 4) is 0 Å². The van der Waals surface area contributed by atoms with E-state index in [1.54, 1.807) is 0 Å². The predicted molar refractivity (Wildman–Crippen MR) is 116 cm³/mol. The van der Waals surface area contributed by atoms with Crippen molar-refractivity contribution in [2.45, 2.75) is 96.0 Å². The minimum Gasteiger partial charge on any atom is -0.379 e. The Morgan fingerprint density at radius 1 is 0.793 bits per heavy atom. The molecule has 0 saturated carbocycles. The van der Waals surface area contributed by atoms with Crippen LogP contribution in [0.1, 0.15) is 89.9 Å². The maximum absolute atomic E-state index is 11.8. The average Bonchev–Trinajstić information content (AvgIpc) is 2.70. The summed E-state index contributed by atoms with van der Waals surface area (Å²) in [5.41, 5.74) is 5.29. The lowest BCUT2D eigenvalue weighted by molar-refractivity contribution is -0.0443. The van der Waals surface area contributed by atoms with E-state index in [1.807, 2.05) is 0 Å². The Hall–Kier alpha value is -0.0100. The van der Waals surface area contributed by atoms with Crippen LogP contribution in [0.25, 0.3) is 0 Å². The van der Waals surface area contributed by atoms with Crippen LogP contribution in [0, 0.1) is 0 Å². The standard InChI is InChI=1S/C21H44NO6P/c22-15-18-27-29(23,24)28-20-21-19-25-16-13-11-9-7-5-3-1-2-4-6-8-10-12-14-17-26-21/h21H,1-20,22H2,(H,23,24). The monoisotopic (exact) mass is 437 g/mol. The second-order valence-corrected chi connectivity index (χ2v) is 9.36. The third-order valence-electron chi connectivity index (χ3n) is 5.14. The topological polar surface area (TPSA) is 100 Å². The highest BCUT2D eigenvalue weighted by atomic mass is 31.2. The van der Waals surface area contributed by atoms with Gasteiger partial charge in [-0.3, -0.25) is 9.05 Å². The molecule has 0 aromatic heterocycles. The normalized spacial score (nSPS) is 25.1. The Kier molecular flexibility index (Phi) is 17.5. The van der Waals surface area contributed by atoms with Gasteiger partial charge in [-0.05, 0) is 12.8 Å². The Morgan fingerprint density at radius 2 is 1.28 bits per heavy atom. The summed E-state index contributed by atoms with van der Waals surface area (Å²) < 4.78 is 33.3. The summed E-state index contributed by atoms with van der Waals surface area (Å²) in [7, 11) is -4.09. The fraction of sp³-hybridized carbons (Fsp3) is 1.00. The summed E-state index contributed by atoms with van der Waals surface area (Å²) in [6.45, 7) is 1.76. The van der Waals surface area contributed by atoms with E-state index in [1.165, 1.54) is 70.6 Å². The summed E-state index contributed by atoms with van der Waals surface area (Å²) in [6, 6.07) is 0. The summed E-state index contributed by atoms with van der Waals surface area (Å²) in [5.74, 6) is 0. The van der Waals surface area contributed by atoms with E-state index in [0.717, 1.165) is 19.3 Å². The van der Waals surface area contributed by atoms with Gasteiger partial charge in [-0.25, -0.2) is 4.57 Å². The molecule has 1 rings (SSSR count). The van der Waals surface area contributed by atoms with Crippen molar-refractivity contribution in [2.75, 3.05) is 39.6 Å². The fourth-order valence-corrected chi connectivity index (χ4v) is 4.18. The first kappa shape index (κ1) is 27.0. The molecule has 0 bridgehead atoms. The van der Waals surface area contributed by atoms with Crippen LogP contribution in [0.5, 0.6) is 0 Å². The molecule has 0 spiro atoms. The predicted octanol–water partition coefficient (Wildman–Crippen LogP) is 4.96. The summed E-state index contributed by atoms with van der Waals surface area (Å²) in [6.07, 6.45) is 17.3. The molecular formula is C21H44NO6P. The van der Waals surface area contributed by atoms with Crippen molar-refractivity contribution in [1.29, 1.82) is 0 Å². The molecule has 1 heterocycles. The van der Waals surface area contributed by atoms with Crippen molar-refractivity contribution in [1.82, 2.24) is 0 Å². The summed E-state index contributed by atoms with van der Waals surface area (Å²) >= 11 is 0. The van der Waals surface area contributed by atoms with E-state index in [0.29, 0.717) is 19.8 Å². The molecule has 0 aliphatic carbocycles. The van der Waals surface area contributed by atoms with Gasteiger partial charge in [0.1, 0.15) is 6.10 Å². The number of rotatable bonds is 6. The fourth-order valence-electron chi connectivity index (χ4n) is 3.42. The van der Waals surface area contributed by atoms with Crippen LogP contribution < -0.4 is 5.73 Å². The number of nitrogens with two attached hydrogens (primary N) is 1. The molecule has 0 amide bonds. The van der Waals surface area contributed by atoms with Crippen LogP contribution in [0.4, 0.5) is 0 Å². The molecule has 29 heavy (non-hydrogen) atoms. The largest absolute Gasteiger partial charge is 0.472 e. The lowest BCUT2D eigenvalue weighted by Gasteiger charge is -2.20. The number of hydrogen-bond acceptors (Lipinski definition) is 6. The maximum Gasteiger partial charge on any atom is 0.472 e. The second kappa shape index (κ2) is 18.7. The highest BCUT2D eigenvalue weighted by Gasteiger charge is 2.23. The summed E-state index contributed by atoms with van der Waals surface area (Å²) in [4.78, 5) is 9.66. The van der Waals surface area contributed by atoms with Gasteiger partial charge in [-0.2, -0.15) is 0 Å². The minimum atomic E-state index is -4.09. The van der Waals surface area contributed by atoms with Crippen molar-refractivity contribution in [2.24, 2.45) is 5.73 Å². The van der Waals surface area contributed by atoms with Gasteiger partial charge in [-0.1, -0.05) is 77.0 Å². The lowest BCUT2D eigenvalue weighted by Crippen LogP contribution is -2.26. The van der Waals surface area contributed by atoms with Gasteiger partial charge in [-0.15, -0.1) is 0 Å². The van der Waals surface area contributed by atoms with E-state index < -0.39 is 7.82 Å². The van der Waals surface area contributed by atoms with E-state index in [4.69, 9.17) is 24.3 Å². The van der Waals surface area contributed by atoms with Gasteiger partial charge in [0.25, 0.3) is 0 Å². The highest BCUT2D eigenvalue weighted by Crippen LogP contribution is 2.43. The first-order chi connectivity index (χ1) is 14.1. The van der Waals surface area contributed by atoms with Crippen molar-refractivity contribution in [3.05, 3.63) is 0 Å². The van der Waals surface area contributed by atoms with Crippen LogP contribution in [-0.2, 0) is 23.1 Å². The molecule has 2 unspecified atom stereocenters. The zero-order chi connectivity index (χ0) is 21.0. The summed E-state index contributed by atoms with van der Waals surface area (Å²) in [5, 5.41) is 0. The molecule has 1 aliphatic rings. The average molecular weight is 438 g/mol. The van der Waals surface area contributed by atoms with Gasteiger partial charge in [0.05, 0.1) is 19.8 Å². The van der Waals surface area contributed by atoms with Crippen LogP contribution >= 0.6 is 7.82 Å². The van der Waals surface area contributed by atoms with Gasteiger partial charge >= 0.3 is 7.82 Å². The number of phosphoric acid groups is 1. The molecular weight excluding hydrogens is 393 g/mol. The van der Waals surface area contributed by atoms with E-state index in [9.17, 15) is 9.46 Å². The van der Waals surface area contributed by atoms with Crippen LogP contribution in [0.3, 0.4) is 0 Å². The minimum absolute atomic E-state index is 0.0181. The molecule has 1 fully saturated rings. The Morgan fingerprint density at radius 3 is 1.79 bits per heavy atom. The van der Waals surface area contributed by atoms with Gasteiger partial charge in [0, 0.05) is 19.8 Å². The van der Waals surface area contributed by atoms with Crippen LogP contribution in [-0.4, -0.2) is 50.6 Å². The molecule has 1 saturated heterocycles. The highest BCUT2D eigenvalue weighted by molar-refractivity contribution is 7.47.